The van der Waals surface area contributed by atoms with Crippen molar-refractivity contribution in [3.05, 3.63) is 129 Å². The molecule has 9 nitrogen and oxygen atoms in total. The predicted octanol–water partition coefficient (Wildman–Crippen LogP) is 6.75. The zero-order valence-electron chi connectivity index (χ0n) is 26.6. The van der Waals surface area contributed by atoms with Crippen LogP contribution in [0.1, 0.15) is 79.5 Å². The third-order valence-electron chi connectivity index (χ3n) is 7.89. The number of carbonyl (C=O) groups excluding carboxylic acids is 3. The third kappa shape index (κ3) is 7.95. The van der Waals surface area contributed by atoms with Crippen LogP contribution >= 0.6 is 0 Å². The number of halogens is 1. The topological polar surface area (TPSA) is 121 Å². The van der Waals surface area contributed by atoms with Gasteiger partial charge in [-0.15, -0.1) is 0 Å². The number of aromatic nitrogens is 1. The zero-order chi connectivity index (χ0) is 33.7. The van der Waals surface area contributed by atoms with E-state index in [-0.39, 0.29) is 29.6 Å². The highest BCUT2D eigenvalue weighted by molar-refractivity contribution is 6.11. The number of anilines is 1. The molecular formula is C37H38FN3O6. The van der Waals surface area contributed by atoms with Gasteiger partial charge in [-0.3, -0.25) is 19.1 Å². The molecule has 5 rings (SSSR count). The van der Waals surface area contributed by atoms with Gasteiger partial charge in [0, 0.05) is 11.6 Å². The lowest BCUT2D eigenvalue weighted by atomic mass is 10.0. The fourth-order valence-electron chi connectivity index (χ4n) is 5.61. The molecule has 10 heteroatoms. The number of ether oxygens (including phenoxy) is 2. The van der Waals surface area contributed by atoms with Crippen LogP contribution in [0.2, 0.25) is 0 Å². The number of carbonyl (C=O) groups is 3. The lowest BCUT2D eigenvalue weighted by molar-refractivity contribution is -0.155. The van der Waals surface area contributed by atoms with Gasteiger partial charge in [0.05, 0.1) is 17.8 Å². The lowest BCUT2D eigenvalue weighted by Crippen LogP contribution is -2.43. The van der Waals surface area contributed by atoms with Gasteiger partial charge in [0.15, 0.2) is 11.8 Å². The normalized spacial score (nSPS) is 14.0. The van der Waals surface area contributed by atoms with E-state index in [4.69, 9.17) is 15.2 Å². The van der Waals surface area contributed by atoms with Crippen molar-refractivity contribution in [2.75, 3.05) is 5.73 Å². The van der Waals surface area contributed by atoms with Crippen LogP contribution < -0.4 is 11.3 Å². The Kier molecular flexibility index (Phi) is 9.89. The first-order valence-corrected chi connectivity index (χ1v) is 15.6. The van der Waals surface area contributed by atoms with Crippen molar-refractivity contribution >= 4 is 23.7 Å². The highest BCUT2D eigenvalue weighted by Crippen LogP contribution is 2.30. The van der Waals surface area contributed by atoms with Crippen LogP contribution in [0.5, 0.6) is 0 Å². The van der Waals surface area contributed by atoms with Crippen molar-refractivity contribution in [2.24, 2.45) is 0 Å². The van der Waals surface area contributed by atoms with Gasteiger partial charge in [0.2, 0.25) is 0 Å². The molecule has 1 unspecified atom stereocenters. The largest absolute Gasteiger partial charge is 0.461 e. The van der Waals surface area contributed by atoms with Crippen LogP contribution in [-0.4, -0.2) is 39.0 Å². The number of amides is 1. The van der Waals surface area contributed by atoms with Crippen molar-refractivity contribution in [1.82, 2.24) is 9.47 Å². The number of hydrogen-bond donors (Lipinski definition) is 1. The summed E-state index contributed by atoms with van der Waals surface area (Å²) in [6.07, 6.45) is 2.62. The van der Waals surface area contributed by atoms with Crippen LogP contribution in [0, 0.1) is 5.82 Å². The maximum Gasteiger partial charge on any atom is 0.411 e. The van der Waals surface area contributed by atoms with Crippen LogP contribution in [-0.2, 0) is 20.8 Å². The molecule has 0 saturated heterocycles. The minimum atomic E-state index is -1.07. The summed E-state index contributed by atoms with van der Waals surface area (Å²) in [6, 6.07) is 22.2. The summed E-state index contributed by atoms with van der Waals surface area (Å²) in [6.45, 7) is 5.25. The Bertz CT molecular complexity index is 1790. The summed E-state index contributed by atoms with van der Waals surface area (Å²) in [5.41, 5.74) is 6.98. The van der Waals surface area contributed by atoms with Crippen LogP contribution in [0.4, 0.5) is 15.0 Å². The molecule has 1 aliphatic rings. The van der Waals surface area contributed by atoms with Gasteiger partial charge in [-0.1, -0.05) is 42.5 Å². The van der Waals surface area contributed by atoms with Crippen molar-refractivity contribution in [1.29, 1.82) is 0 Å². The summed E-state index contributed by atoms with van der Waals surface area (Å²) in [7, 11) is 0. The molecule has 2 N–H and O–H groups in total. The fraction of sp³-hybridized carbons (Fsp3) is 0.297. The van der Waals surface area contributed by atoms with E-state index >= 15 is 0 Å². The van der Waals surface area contributed by atoms with Gasteiger partial charge >= 0.3 is 12.1 Å². The summed E-state index contributed by atoms with van der Waals surface area (Å²) >= 11 is 0. The monoisotopic (exact) mass is 639 g/mol. The Morgan fingerprint density at radius 3 is 2.17 bits per heavy atom. The first-order chi connectivity index (χ1) is 22.4. The summed E-state index contributed by atoms with van der Waals surface area (Å²) in [5, 5.41) is 0. The molecule has 244 valence electrons. The Labute approximate surface area is 272 Å². The molecule has 1 saturated carbocycles. The molecule has 47 heavy (non-hydrogen) atoms. The second-order valence-corrected chi connectivity index (χ2v) is 12.6. The van der Waals surface area contributed by atoms with E-state index in [0.717, 1.165) is 25.7 Å². The van der Waals surface area contributed by atoms with Gasteiger partial charge in [-0.25, -0.2) is 14.0 Å². The summed E-state index contributed by atoms with van der Waals surface area (Å²) in [5.74, 6) is -1.55. The number of hydrogen-bond acceptors (Lipinski definition) is 7. The third-order valence-corrected chi connectivity index (χ3v) is 7.89. The molecule has 1 heterocycles. The van der Waals surface area contributed by atoms with Crippen molar-refractivity contribution < 1.29 is 28.2 Å². The van der Waals surface area contributed by atoms with E-state index in [9.17, 15) is 23.6 Å². The number of nitrogens with zero attached hydrogens (tertiary/aromatic N) is 2. The molecule has 1 aliphatic carbocycles. The van der Waals surface area contributed by atoms with E-state index in [1.54, 1.807) is 69.3 Å². The number of nitrogen functional groups attached to an aromatic ring is 1. The number of nitrogens with two attached hydrogens (primary N) is 1. The van der Waals surface area contributed by atoms with E-state index in [1.165, 1.54) is 45.9 Å². The standard InChI is InChI=1S/C37H38FN3O6/c1-37(2,3)47-36(45)40(32(25-9-5-4-6-10-25)35(44)46-29-11-7-8-12-29)23-24-13-19-28(20-14-24)41-31(42)22-21-30(34(41)39)33(43)26-15-17-27(38)18-16-26/h4-6,9-10,13-22,29,32H,7-8,11-12,23,39H2,1-3H3. The number of pyridine rings is 1. The second-order valence-electron chi connectivity index (χ2n) is 12.6. The maximum absolute atomic E-state index is 13.8. The Hall–Kier alpha value is -5.25. The number of ketones is 1. The number of esters is 1. The van der Waals surface area contributed by atoms with E-state index in [0.29, 0.717) is 16.8 Å². The molecule has 0 spiro atoms. The summed E-state index contributed by atoms with van der Waals surface area (Å²) in [4.78, 5) is 54.9. The molecule has 0 aliphatic heterocycles. The first kappa shape index (κ1) is 33.1. The zero-order valence-corrected chi connectivity index (χ0v) is 26.6. The Balaban J connectivity index is 1.47. The molecular weight excluding hydrogens is 601 g/mol. The van der Waals surface area contributed by atoms with Gasteiger partial charge in [0.25, 0.3) is 5.56 Å². The highest BCUT2D eigenvalue weighted by Gasteiger charge is 2.37. The quantitative estimate of drug-likeness (QED) is 0.159. The van der Waals surface area contributed by atoms with Crippen LogP contribution in [0.3, 0.4) is 0 Å². The number of benzene rings is 3. The second kappa shape index (κ2) is 14.0. The summed E-state index contributed by atoms with van der Waals surface area (Å²) < 4.78 is 26.3. The van der Waals surface area contributed by atoms with Crippen molar-refractivity contribution in [3.63, 3.8) is 0 Å². The Morgan fingerprint density at radius 2 is 1.55 bits per heavy atom. The minimum Gasteiger partial charge on any atom is -0.461 e. The predicted molar refractivity (Wildman–Crippen MR) is 176 cm³/mol. The Morgan fingerprint density at radius 1 is 0.915 bits per heavy atom. The minimum absolute atomic E-state index is 0.0119. The average molecular weight is 640 g/mol. The maximum atomic E-state index is 13.8. The van der Waals surface area contributed by atoms with Gasteiger partial charge < -0.3 is 15.2 Å². The smallest absolute Gasteiger partial charge is 0.411 e. The molecule has 1 amide bonds. The first-order valence-electron chi connectivity index (χ1n) is 15.6. The van der Waals surface area contributed by atoms with E-state index in [2.05, 4.69) is 0 Å². The molecule has 4 aromatic rings. The van der Waals surface area contributed by atoms with Crippen molar-refractivity contribution in [3.8, 4) is 5.69 Å². The molecule has 1 fully saturated rings. The highest BCUT2D eigenvalue weighted by atomic mass is 19.1. The van der Waals surface area contributed by atoms with Gasteiger partial charge in [-0.05, 0) is 100 Å². The number of rotatable bonds is 9. The fourth-order valence-corrected chi connectivity index (χ4v) is 5.61. The molecule has 0 radical (unpaired) electrons. The van der Waals surface area contributed by atoms with Crippen LogP contribution in [0.15, 0.2) is 95.8 Å². The lowest BCUT2D eigenvalue weighted by Gasteiger charge is -2.33. The van der Waals surface area contributed by atoms with Gasteiger partial charge in [0.1, 0.15) is 23.3 Å². The van der Waals surface area contributed by atoms with Crippen molar-refractivity contribution in [2.45, 2.75) is 70.7 Å². The van der Waals surface area contributed by atoms with E-state index < -0.39 is 40.9 Å². The molecule has 1 aromatic heterocycles. The molecule has 3 aromatic carbocycles. The SMILES string of the molecule is CC(C)(C)OC(=O)N(Cc1ccc(-n2c(N)c(C(=O)c3ccc(F)cc3)ccc2=O)cc1)C(C(=O)OC1CCCC1)c1ccccc1. The van der Waals surface area contributed by atoms with Crippen LogP contribution in [0.25, 0.3) is 5.69 Å². The average Bonchev–Trinajstić information content (AvgIpc) is 3.54. The van der Waals surface area contributed by atoms with E-state index in [1.807, 2.05) is 6.07 Å². The van der Waals surface area contributed by atoms with Gasteiger partial charge in [-0.2, -0.15) is 0 Å². The molecule has 1 atom stereocenters. The molecule has 0 bridgehead atoms.